The fourth-order valence-corrected chi connectivity index (χ4v) is 3.40. The Balaban J connectivity index is 1.77. The normalized spacial score (nSPS) is 24.4. The first-order valence-electron chi connectivity index (χ1n) is 5.31. The average Bonchev–Trinajstić information content (AvgIpc) is 2.82. The maximum Gasteiger partial charge on any atom is 0.0996 e. The SMILES string of the molecule is C1=CNC(C2CSc3ccccc3C2)N1. The van der Waals surface area contributed by atoms with Crippen LogP contribution in [0, 0.1) is 5.92 Å². The van der Waals surface area contributed by atoms with E-state index in [-0.39, 0.29) is 0 Å². The van der Waals surface area contributed by atoms with Crippen LogP contribution in [-0.2, 0) is 6.42 Å². The Labute approximate surface area is 94.1 Å². The molecule has 1 aromatic carbocycles. The summed E-state index contributed by atoms with van der Waals surface area (Å²) in [4.78, 5) is 1.46. The molecule has 1 aromatic rings. The van der Waals surface area contributed by atoms with Gasteiger partial charge in [-0.3, -0.25) is 0 Å². The lowest BCUT2D eigenvalue weighted by atomic mass is 9.97. The van der Waals surface area contributed by atoms with Gasteiger partial charge in [0.2, 0.25) is 0 Å². The topological polar surface area (TPSA) is 24.1 Å². The van der Waals surface area contributed by atoms with Crippen molar-refractivity contribution in [2.24, 2.45) is 5.92 Å². The second kappa shape index (κ2) is 3.81. The van der Waals surface area contributed by atoms with E-state index in [0.29, 0.717) is 12.1 Å². The predicted octanol–water partition coefficient (Wildman–Crippen LogP) is 1.94. The Morgan fingerprint density at radius 3 is 2.80 bits per heavy atom. The molecule has 1 atom stereocenters. The van der Waals surface area contributed by atoms with Crippen molar-refractivity contribution in [3.8, 4) is 0 Å². The number of rotatable bonds is 1. The monoisotopic (exact) mass is 218 g/mol. The summed E-state index contributed by atoms with van der Waals surface area (Å²) in [5.74, 6) is 1.88. The summed E-state index contributed by atoms with van der Waals surface area (Å²) in [6.07, 6.45) is 5.59. The Morgan fingerprint density at radius 1 is 1.13 bits per heavy atom. The summed E-state index contributed by atoms with van der Waals surface area (Å²) in [5.41, 5.74) is 1.49. The van der Waals surface area contributed by atoms with Crippen molar-refractivity contribution in [2.45, 2.75) is 17.5 Å². The zero-order chi connectivity index (χ0) is 10.1. The smallest absolute Gasteiger partial charge is 0.0996 e. The Hall–Kier alpha value is -1.09. The minimum absolute atomic E-state index is 0.422. The van der Waals surface area contributed by atoms with E-state index in [2.05, 4.69) is 34.9 Å². The van der Waals surface area contributed by atoms with Gasteiger partial charge in [0.25, 0.3) is 0 Å². The Bertz CT molecular complexity index is 381. The van der Waals surface area contributed by atoms with Crippen LogP contribution in [0.1, 0.15) is 5.56 Å². The third-order valence-corrected chi connectivity index (χ3v) is 4.32. The second-order valence-electron chi connectivity index (χ2n) is 4.03. The van der Waals surface area contributed by atoms with Crippen LogP contribution in [0.3, 0.4) is 0 Å². The summed E-state index contributed by atoms with van der Waals surface area (Å²) in [6.45, 7) is 0. The van der Waals surface area contributed by atoms with E-state index in [1.54, 1.807) is 0 Å². The van der Waals surface area contributed by atoms with E-state index in [1.807, 2.05) is 24.2 Å². The number of fused-ring (bicyclic) bond motifs is 1. The summed E-state index contributed by atoms with van der Waals surface area (Å²) >= 11 is 1.98. The highest BCUT2D eigenvalue weighted by atomic mass is 32.2. The molecule has 0 radical (unpaired) electrons. The first-order valence-corrected chi connectivity index (χ1v) is 6.30. The van der Waals surface area contributed by atoms with Gasteiger partial charge in [0.05, 0.1) is 6.17 Å². The van der Waals surface area contributed by atoms with Gasteiger partial charge in [-0.15, -0.1) is 11.8 Å². The van der Waals surface area contributed by atoms with Crippen molar-refractivity contribution < 1.29 is 0 Å². The van der Waals surface area contributed by atoms with Crippen LogP contribution in [0.5, 0.6) is 0 Å². The third-order valence-electron chi connectivity index (χ3n) is 3.01. The zero-order valence-electron chi connectivity index (χ0n) is 8.44. The molecular weight excluding hydrogens is 204 g/mol. The summed E-state index contributed by atoms with van der Waals surface area (Å²) in [6, 6.07) is 8.73. The van der Waals surface area contributed by atoms with Gasteiger partial charge in [0.1, 0.15) is 0 Å². The van der Waals surface area contributed by atoms with Gasteiger partial charge < -0.3 is 10.6 Å². The molecule has 0 saturated carbocycles. The van der Waals surface area contributed by atoms with Gasteiger partial charge in [0.15, 0.2) is 0 Å². The van der Waals surface area contributed by atoms with Gasteiger partial charge in [-0.05, 0) is 18.1 Å². The molecule has 0 fully saturated rings. The quantitative estimate of drug-likeness (QED) is 0.753. The molecule has 2 heterocycles. The lowest BCUT2D eigenvalue weighted by Crippen LogP contribution is -2.41. The molecule has 0 bridgehead atoms. The molecule has 2 aliphatic rings. The fraction of sp³-hybridized carbons (Fsp3) is 0.333. The van der Waals surface area contributed by atoms with Gasteiger partial charge >= 0.3 is 0 Å². The first kappa shape index (κ1) is 9.16. The molecule has 2 N–H and O–H groups in total. The van der Waals surface area contributed by atoms with E-state index in [9.17, 15) is 0 Å². The van der Waals surface area contributed by atoms with Crippen LogP contribution in [-0.4, -0.2) is 11.9 Å². The molecule has 78 valence electrons. The average molecular weight is 218 g/mol. The predicted molar refractivity (Wildman–Crippen MR) is 63.6 cm³/mol. The van der Waals surface area contributed by atoms with Gasteiger partial charge in [-0.1, -0.05) is 18.2 Å². The standard InChI is InChI=1S/C12H14N2S/c1-2-4-11-9(3-1)7-10(8-15-11)12-13-5-6-14-12/h1-6,10,12-14H,7-8H2. The van der Waals surface area contributed by atoms with Gasteiger partial charge in [0, 0.05) is 29.0 Å². The summed E-state index contributed by atoms with van der Waals surface area (Å²) < 4.78 is 0. The molecule has 2 nitrogen and oxygen atoms in total. The minimum Gasteiger partial charge on any atom is -0.370 e. The van der Waals surface area contributed by atoms with Gasteiger partial charge in [-0.25, -0.2) is 0 Å². The highest BCUT2D eigenvalue weighted by Gasteiger charge is 2.26. The van der Waals surface area contributed by atoms with E-state index >= 15 is 0 Å². The van der Waals surface area contributed by atoms with Gasteiger partial charge in [-0.2, -0.15) is 0 Å². The summed E-state index contributed by atoms with van der Waals surface area (Å²) in [7, 11) is 0. The van der Waals surface area contributed by atoms with E-state index < -0.39 is 0 Å². The number of nitrogens with one attached hydrogen (secondary N) is 2. The van der Waals surface area contributed by atoms with Crippen molar-refractivity contribution in [2.75, 3.05) is 5.75 Å². The van der Waals surface area contributed by atoms with Crippen molar-refractivity contribution in [1.29, 1.82) is 0 Å². The molecule has 0 saturated heterocycles. The zero-order valence-corrected chi connectivity index (χ0v) is 9.26. The number of hydrogen-bond acceptors (Lipinski definition) is 3. The number of thioether (sulfide) groups is 1. The largest absolute Gasteiger partial charge is 0.370 e. The molecule has 0 aromatic heterocycles. The van der Waals surface area contributed by atoms with E-state index in [4.69, 9.17) is 0 Å². The molecule has 3 heteroatoms. The highest BCUT2D eigenvalue weighted by Crippen LogP contribution is 2.33. The molecule has 1 unspecified atom stereocenters. The van der Waals surface area contributed by atoms with Crippen molar-refractivity contribution in [3.63, 3.8) is 0 Å². The lowest BCUT2D eigenvalue weighted by molar-refractivity contribution is 0.396. The fourth-order valence-electron chi connectivity index (χ4n) is 2.19. The molecule has 15 heavy (non-hydrogen) atoms. The van der Waals surface area contributed by atoms with Crippen LogP contribution in [0.25, 0.3) is 0 Å². The molecule has 0 aliphatic carbocycles. The lowest BCUT2D eigenvalue weighted by Gasteiger charge is -2.29. The van der Waals surface area contributed by atoms with Crippen molar-refractivity contribution in [1.82, 2.24) is 10.6 Å². The van der Waals surface area contributed by atoms with E-state index in [1.165, 1.54) is 22.6 Å². The number of benzene rings is 1. The summed E-state index contributed by atoms with van der Waals surface area (Å²) in [5, 5.41) is 6.70. The number of hydrogen-bond donors (Lipinski definition) is 2. The maximum atomic E-state index is 3.35. The second-order valence-corrected chi connectivity index (χ2v) is 5.09. The maximum absolute atomic E-state index is 3.35. The van der Waals surface area contributed by atoms with Crippen LogP contribution in [0.15, 0.2) is 41.6 Å². The molecule has 2 aliphatic heterocycles. The highest BCUT2D eigenvalue weighted by molar-refractivity contribution is 7.99. The first-order chi connectivity index (χ1) is 7.43. The van der Waals surface area contributed by atoms with Crippen LogP contribution in [0.4, 0.5) is 0 Å². The Kier molecular flexibility index (Phi) is 2.33. The minimum atomic E-state index is 0.422. The molecule has 3 rings (SSSR count). The van der Waals surface area contributed by atoms with Crippen molar-refractivity contribution in [3.05, 3.63) is 42.2 Å². The van der Waals surface area contributed by atoms with Crippen molar-refractivity contribution >= 4 is 11.8 Å². The van der Waals surface area contributed by atoms with Crippen LogP contribution < -0.4 is 10.6 Å². The molecule has 0 amide bonds. The van der Waals surface area contributed by atoms with Crippen LogP contribution in [0.2, 0.25) is 0 Å². The molecule has 0 spiro atoms. The molecular formula is C12H14N2S. The van der Waals surface area contributed by atoms with Crippen LogP contribution >= 0.6 is 11.8 Å². The third kappa shape index (κ3) is 1.72. The van der Waals surface area contributed by atoms with E-state index in [0.717, 1.165) is 0 Å². The Morgan fingerprint density at radius 2 is 1.93 bits per heavy atom.